The number of rotatable bonds is 5. The SMILES string of the molecule is CC(C)C(=O)CS(=O)(=O)C(C)C(C)C. The Morgan fingerprint density at radius 2 is 1.50 bits per heavy atom. The van der Waals surface area contributed by atoms with Crippen LogP contribution in [0.15, 0.2) is 0 Å². The Labute approximate surface area is 86.8 Å². The van der Waals surface area contributed by atoms with Crippen LogP contribution in [0.5, 0.6) is 0 Å². The number of sulfone groups is 1. The van der Waals surface area contributed by atoms with Crippen LogP contribution in [0.25, 0.3) is 0 Å². The summed E-state index contributed by atoms with van der Waals surface area (Å²) >= 11 is 0. The van der Waals surface area contributed by atoms with Gasteiger partial charge in [-0.15, -0.1) is 0 Å². The molecule has 0 spiro atoms. The van der Waals surface area contributed by atoms with Gasteiger partial charge in [-0.25, -0.2) is 8.42 Å². The van der Waals surface area contributed by atoms with Gasteiger partial charge in [-0.1, -0.05) is 27.7 Å². The van der Waals surface area contributed by atoms with Gasteiger partial charge in [0.25, 0.3) is 0 Å². The topological polar surface area (TPSA) is 51.2 Å². The monoisotopic (exact) mass is 220 g/mol. The van der Waals surface area contributed by atoms with Crippen molar-refractivity contribution in [3.05, 3.63) is 0 Å². The maximum atomic E-state index is 11.7. The summed E-state index contributed by atoms with van der Waals surface area (Å²) in [5, 5.41) is -0.440. The highest BCUT2D eigenvalue weighted by Crippen LogP contribution is 2.13. The second-order valence-electron chi connectivity index (χ2n) is 4.38. The predicted octanol–water partition coefficient (Wildman–Crippen LogP) is 1.67. The lowest BCUT2D eigenvalue weighted by Gasteiger charge is -2.16. The first-order valence-corrected chi connectivity index (χ1v) is 6.64. The largest absolute Gasteiger partial charge is 0.298 e. The Morgan fingerprint density at radius 1 is 1.07 bits per heavy atom. The van der Waals surface area contributed by atoms with E-state index in [0.717, 1.165) is 0 Å². The summed E-state index contributed by atoms with van der Waals surface area (Å²) in [5.41, 5.74) is 0. The Balaban J connectivity index is 4.59. The van der Waals surface area contributed by atoms with Gasteiger partial charge in [0.15, 0.2) is 9.84 Å². The van der Waals surface area contributed by atoms with E-state index in [1.165, 1.54) is 0 Å². The molecule has 0 rings (SSSR count). The van der Waals surface area contributed by atoms with Crippen molar-refractivity contribution in [2.75, 3.05) is 5.75 Å². The lowest BCUT2D eigenvalue weighted by atomic mass is 10.1. The fraction of sp³-hybridized carbons (Fsp3) is 0.900. The summed E-state index contributed by atoms with van der Waals surface area (Å²) in [5.74, 6) is -0.661. The molecule has 0 aromatic carbocycles. The summed E-state index contributed by atoms with van der Waals surface area (Å²) in [6.07, 6.45) is 0. The van der Waals surface area contributed by atoms with E-state index in [-0.39, 0.29) is 23.4 Å². The molecule has 4 heteroatoms. The Kier molecular flexibility index (Phi) is 4.78. The molecule has 0 saturated carbocycles. The molecule has 1 unspecified atom stereocenters. The first kappa shape index (κ1) is 13.6. The molecule has 0 N–H and O–H groups in total. The van der Waals surface area contributed by atoms with Crippen molar-refractivity contribution in [1.29, 1.82) is 0 Å². The average molecular weight is 220 g/mol. The molecule has 0 bridgehead atoms. The molecule has 0 aliphatic heterocycles. The van der Waals surface area contributed by atoms with E-state index in [2.05, 4.69) is 0 Å². The van der Waals surface area contributed by atoms with Gasteiger partial charge in [-0.05, 0) is 12.8 Å². The Bertz CT molecular complexity index is 288. The summed E-state index contributed by atoms with van der Waals surface area (Å²) in [6, 6.07) is 0. The molecular weight excluding hydrogens is 200 g/mol. The molecular formula is C10H20O3S. The van der Waals surface area contributed by atoms with E-state index in [0.29, 0.717) is 0 Å². The number of Topliss-reactive ketones (excluding diaryl/α,β-unsaturated/α-hetero) is 1. The summed E-state index contributed by atoms with van der Waals surface area (Å²) in [6.45, 7) is 8.80. The lowest BCUT2D eigenvalue weighted by Crippen LogP contribution is -2.31. The van der Waals surface area contributed by atoms with Crippen molar-refractivity contribution in [2.45, 2.75) is 39.9 Å². The van der Waals surface area contributed by atoms with Gasteiger partial charge in [0.2, 0.25) is 0 Å². The van der Waals surface area contributed by atoms with E-state index in [1.54, 1.807) is 20.8 Å². The highest BCUT2D eigenvalue weighted by atomic mass is 32.2. The maximum Gasteiger partial charge on any atom is 0.160 e. The first-order chi connectivity index (χ1) is 6.18. The van der Waals surface area contributed by atoms with Crippen molar-refractivity contribution in [3.63, 3.8) is 0 Å². The van der Waals surface area contributed by atoms with Gasteiger partial charge in [0.05, 0.1) is 5.25 Å². The third-order valence-corrected chi connectivity index (χ3v) is 4.86. The predicted molar refractivity (Wildman–Crippen MR) is 57.9 cm³/mol. The number of hydrogen-bond donors (Lipinski definition) is 0. The maximum absolute atomic E-state index is 11.7. The zero-order chi connectivity index (χ0) is 11.5. The van der Waals surface area contributed by atoms with Gasteiger partial charge in [-0.3, -0.25) is 4.79 Å². The summed E-state index contributed by atoms with van der Waals surface area (Å²) < 4.78 is 23.3. The number of hydrogen-bond acceptors (Lipinski definition) is 3. The fourth-order valence-corrected chi connectivity index (χ4v) is 2.73. The third-order valence-electron chi connectivity index (χ3n) is 2.49. The standard InChI is InChI=1S/C10H20O3S/c1-7(2)9(5)14(12,13)6-10(11)8(3)4/h7-9H,6H2,1-5H3. The molecule has 0 aliphatic carbocycles. The van der Waals surface area contributed by atoms with E-state index in [1.807, 2.05) is 13.8 Å². The third kappa shape index (κ3) is 3.78. The van der Waals surface area contributed by atoms with Crippen LogP contribution < -0.4 is 0 Å². The van der Waals surface area contributed by atoms with E-state index in [4.69, 9.17) is 0 Å². The van der Waals surface area contributed by atoms with Crippen molar-refractivity contribution < 1.29 is 13.2 Å². The van der Waals surface area contributed by atoms with Crippen LogP contribution in [0.4, 0.5) is 0 Å². The quantitative estimate of drug-likeness (QED) is 0.708. The smallest absolute Gasteiger partial charge is 0.160 e. The van der Waals surface area contributed by atoms with Gasteiger partial charge >= 0.3 is 0 Å². The number of carbonyl (C=O) groups excluding carboxylic acids is 1. The number of ketones is 1. The highest BCUT2D eigenvalue weighted by Gasteiger charge is 2.27. The molecule has 0 aliphatic rings. The van der Waals surface area contributed by atoms with Crippen molar-refractivity contribution >= 4 is 15.6 Å². The molecule has 0 aromatic heterocycles. The molecule has 0 heterocycles. The van der Waals surface area contributed by atoms with Crippen LogP contribution in [-0.2, 0) is 14.6 Å². The molecule has 0 saturated heterocycles. The Morgan fingerprint density at radius 3 is 1.79 bits per heavy atom. The van der Waals surface area contributed by atoms with Crippen LogP contribution in [0.2, 0.25) is 0 Å². The van der Waals surface area contributed by atoms with Crippen molar-refractivity contribution in [2.24, 2.45) is 11.8 Å². The summed E-state index contributed by atoms with van der Waals surface area (Å²) in [4.78, 5) is 11.3. The number of carbonyl (C=O) groups is 1. The molecule has 0 aromatic rings. The second kappa shape index (κ2) is 4.91. The molecule has 14 heavy (non-hydrogen) atoms. The molecule has 3 nitrogen and oxygen atoms in total. The van der Waals surface area contributed by atoms with E-state index in [9.17, 15) is 13.2 Å². The lowest BCUT2D eigenvalue weighted by molar-refractivity contribution is -0.119. The van der Waals surface area contributed by atoms with Crippen LogP contribution in [-0.4, -0.2) is 25.2 Å². The van der Waals surface area contributed by atoms with Crippen LogP contribution in [0.1, 0.15) is 34.6 Å². The Hall–Kier alpha value is -0.380. The van der Waals surface area contributed by atoms with Crippen molar-refractivity contribution in [1.82, 2.24) is 0 Å². The zero-order valence-electron chi connectivity index (χ0n) is 9.57. The van der Waals surface area contributed by atoms with Crippen LogP contribution in [0, 0.1) is 11.8 Å². The summed E-state index contributed by atoms with van der Waals surface area (Å²) in [7, 11) is -3.25. The van der Waals surface area contributed by atoms with Crippen LogP contribution >= 0.6 is 0 Å². The minimum absolute atomic E-state index is 0.0555. The van der Waals surface area contributed by atoms with Gasteiger partial charge in [0, 0.05) is 5.92 Å². The fourth-order valence-electron chi connectivity index (χ4n) is 0.911. The molecule has 0 amide bonds. The van der Waals surface area contributed by atoms with Gasteiger partial charge in [-0.2, -0.15) is 0 Å². The molecule has 0 radical (unpaired) electrons. The van der Waals surface area contributed by atoms with Crippen molar-refractivity contribution in [3.8, 4) is 0 Å². The first-order valence-electron chi connectivity index (χ1n) is 4.92. The minimum Gasteiger partial charge on any atom is -0.298 e. The van der Waals surface area contributed by atoms with Gasteiger partial charge in [0.1, 0.15) is 11.5 Å². The minimum atomic E-state index is -3.25. The van der Waals surface area contributed by atoms with Gasteiger partial charge < -0.3 is 0 Å². The van der Waals surface area contributed by atoms with E-state index >= 15 is 0 Å². The zero-order valence-corrected chi connectivity index (χ0v) is 10.4. The second-order valence-corrected chi connectivity index (χ2v) is 6.74. The normalized spacial score (nSPS) is 14.8. The highest BCUT2D eigenvalue weighted by molar-refractivity contribution is 7.92. The molecule has 84 valence electrons. The van der Waals surface area contributed by atoms with E-state index < -0.39 is 15.1 Å². The molecule has 0 fully saturated rings. The average Bonchev–Trinajstić information content (AvgIpc) is 2.01. The molecule has 1 atom stereocenters. The van der Waals surface area contributed by atoms with Crippen LogP contribution in [0.3, 0.4) is 0 Å².